The summed E-state index contributed by atoms with van der Waals surface area (Å²) in [6.07, 6.45) is 1.77. The fourth-order valence-corrected chi connectivity index (χ4v) is 3.06. The molecule has 2 aromatic rings. The predicted octanol–water partition coefficient (Wildman–Crippen LogP) is 2.57. The highest BCUT2D eigenvalue weighted by Gasteiger charge is 2.20. The van der Waals surface area contributed by atoms with Gasteiger partial charge >= 0.3 is 0 Å². The minimum atomic E-state index is -0.0197. The highest BCUT2D eigenvalue weighted by molar-refractivity contribution is 7.17. The minimum absolute atomic E-state index is 0.0197. The molecule has 0 radical (unpaired) electrons. The van der Waals surface area contributed by atoms with Crippen molar-refractivity contribution in [3.05, 3.63) is 34.8 Å². The van der Waals surface area contributed by atoms with Crippen LogP contribution in [-0.4, -0.2) is 24.5 Å². The average Bonchev–Trinajstić information content (AvgIpc) is 2.78. The quantitative estimate of drug-likeness (QED) is 0.911. The summed E-state index contributed by atoms with van der Waals surface area (Å²) < 4.78 is 5.19. The highest BCUT2D eigenvalue weighted by Crippen LogP contribution is 2.29. The van der Waals surface area contributed by atoms with Gasteiger partial charge in [0.05, 0.1) is 12.8 Å². The lowest BCUT2D eigenvalue weighted by molar-refractivity contribution is 0.0960. The first-order valence-electron chi connectivity index (χ1n) is 6.45. The number of fused-ring (bicyclic) bond motifs is 1. The van der Waals surface area contributed by atoms with E-state index in [1.807, 2.05) is 24.3 Å². The molecule has 20 heavy (non-hydrogen) atoms. The van der Waals surface area contributed by atoms with Crippen LogP contribution >= 0.6 is 11.3 Å². The number of hydrogen-bond donors (Lipinski definition) is 2. The Labute approximate surface area is 121 Å². The average molecular weight is 289 g/mol. The first-order chi connectivity index (χ1) is 9.76. The Morgan fingerprint density at radius 1 is 1.45 bits per heavy atom. The van der Waals surface area contributed by atoms with Crippen molar-refractivity contribution in [1.82, 2.24) is 10.3 Å². The predicted molar refractivity (Wildman–Crippen MR) is 79.0 cm³/mol. The number of carbonyl (C=O) groups excluding carboxylic acids is 1. The number of rotatable bonds is 3. The third-order valence-electron chi connectivity index (χ3n) is 3.10. The molecule has 1 amide bonds. The number of benzene rings is 1. The molecule has 2 N–H and O–H groups in total. The maximum absolute atomic E-state index is 11.9. The van der Waals surface area contributed by atoms with Crippen LogP contribution in [-0.2, 0) is 6.42 Å². The second-order valence-corrected chi connectivity index (χ2v) is 5.51. The molecule has 0 unspecified atom stereocenters. The number of anilines is 2. The van der Waals surface area contributed by atoms with Crippen molar-refractivity contribution < 1.29 is 9.53 Å². The Balaban J connectivity index is 1.84. The Bertz CT molecular complexity index is 639. The number of hydrogen-bond acceptors (Lipinski definition) is 5. The van der Waals surface area contributed by atoms with E-state index in [1.165, 1.54) is 11.3 Å². The molecule has 104 valence electrons. The number of thiazole rings is 1. The molecule has 1 aromatic carbocycles. The number of nitrogens with zero attached hydrogens (tertiary/aromatic N) is 1. The van der Waals surface area contributed by atoms with Crippen LogP contribution in [0.25, 0.3) is 0 Å². The molecular weight excluding hydrogens is 274 g/mol. The van der Waals surface area contributed by atoms with Crippen LogP contribution in [0.4, 0.5) is 10.8 Å². The van der Waals surface area contributed by atoms with Crippen molar-refractivity contribution in [2.45, 2.75) is 12.8 Å². The van der Waals surface area contributed by atoms with Gasteiger partial charge < -0.3 is 15.4 Å². The number of aryl methyl sites for hydroxylation is 1. The summed E-state index contributed by atoms with van der Waals surface area (Å²) in [4.78, 5) is 17.1. The van der Waals surface area contributed by atoms with Gasteiger partial charge in [-0.25, -0.2) is 4.98 Å². The molecule has 5 nitrogen and oxygen atoms in total. The Hall–Kier alpha value is -2.08. The normalized spacial score (nSPS) is 14.2. The van der Waals surface area contributed by atoms with Gasteiger partial charge in [0.2, 0.25) is 0 Å². The van der Waals surface area contributed by atoms with Crippen molar-refractivity contribution in [2.24, 2.45) is 0 Å². The molecule has 2 heterocycles. The van der Waals surface area contributed by atoms with E-state index in [9.17, 15) is 4.79 Å². The minimum Gasteiger partial charge on any atom is -0.497 e. The fourth-order valence-electron chi connectivity index (χ4n) is 2.11. The van der Waals surface area contributed by atoms with Crippen molar-refractivity contribution in [3.63, 3.8) is 0 Å². The Kier molecular flexibility index (Phi) is 3.56. The fraction of sp³-hybridized carbons (Fsp3) is 0.286. The van der Waals surface area contributed by atoms with Crippen LogP contribution in [0.3, 0.4) is 0 Å². The third-order valence-corrected chi connectivity index (χ3v) is 4.11. The molecule has 0 spiro atoms. The van der Waals surface area contributed by atoms with Crippen LogP contribution in [0.1, 0.15) is 21.8 Å². The third kappa shape index (κ3) is 2.60. The number of carbonyl (C=O) groups is 1. The number of nitrogens with one attached hydrogen (secondary N) is 2. The van der Waals surface area contributed by atoms with Crippen LogP contribution in [0.15, 0.2) is 24.3 Å². The van der Waals surface area contributed by atoms with E-state index in [0.29, 0.717) is 4.88 Å². The lowest BCUT2D eigenvalue weighted by Gasteiger charge is -2.05. The Morgan fingerprint density at radius 3 is 3.20 bits per heavy atom. The molecule has 0 saturated carbocycles. The second-order valence-electron chi connectivity index (χ2n) is 4.51. The van der Waals surface area contributed by atoms with E-state index < -0.39 is 0 Å². The van der Waals surface area contributed by atoms with Gasteiger partial charge in [-0.15, -0.1) is 0 Å². The summed E-state index contributed by atoms with van der Waals surface area (Å²) >= 11 is 1.39. The molecular formula is C14H15N3O2S. The topological polar surface area (TPSA) is 63.2 Å². The molecule has 0 aliphatic carbocycles. The summed E-state index contributed by atoms with van der Waals surface area (Å²) in [5.74, 6) is 0.763. The highest BCUT2D eigenvalue weighted by atomic mass is 32.1. The lowest BCUT2D eigenvalue weighted by atomic mass is 10.2. The van der Waals surface area contributed by atoms with E-state index in [1.54, 1.807) is 7.11 Å². The van der Waals surface area contributed by atoms with E-state index in [0.717, 1.165) is 41.6 Å². The SMILES string of the molecule is COc1cccc(Nc2nc3c(s2)C(=O)NCCC3)c1. The van der Waals surface area contributed by atoms with Gasteiger partial charge in [0.1, 0.15) is 10.6 Å². The van der Waals surface area contributed by atoms with E-state index in [4.69, 9.17) is 4.74 Å². The zero-order chi connectivity index (χ0) is 13.9. The van der Waals surface area contributed by atoms with E-state index in [2.05, 4.69) is 15.6 Å². The van der Waals surface area contributed by atoms with Gasteiger partial charge in [0.15, 0.2) is 5.13 Å². The zero-order valence-corrected chi connectivity index (χ0v) is 11.9. The van der Waals surface area contributed by atoms with Crippen molar-refractivity contribution >= 4 is 28.1 Å². The van der Waals surface area contributed by atoms with Crippen LogP contribution in [0, 0.1) is 0 Å². The standard InChI is InChI=1S/C14H15N3O2S/c1-19-10-5-2-4-9(8-10)16-14-17-11-6-3-7-15-13(18)12(11)20-14/h2,4-5,8H,3,6-7H2,1H3,(H,15,18)(H,16,17). The molecule has 1 aliphatic rings. The van der Waals surface area contributed by atoms with Gasteiger partial charge in [0, 0.05) is 18.3 Å². The maximum atomic E-state index is 11.9. The van der Waals surface area contributed by atoms with Crippen LogP contribution in [0.2, 0.25) is 0 Å². The van der Waals surface area contributed by atoms with Gasteiger partial charge in [-0.05, 0) is 25.0 Å². The smallest absolute Gasteiger partial charge is 0.263 e. The van der Waals surface area contributed by atoms with Gasteiger partial charge in [-0.2, -0.15) is 0 Å². The van der Waals surface area contributed by atoms with Crippen LogP contribution in [0.5, 0.6) is 5.75 Å². The number of ether oxygens (including phenoxy) is 1. The maximum Gasteiger partial charge on any atom is 0.263 e. The second kappa shape index (κ2) is 5.50. The van der Waals surface area contributed by atoms with Crippen molar-refractivity contribution in [1.29, 1.82) is 0 Å². The number of amides is 1. The molecule has 1 aliphatic heterocycles. The van der Waals surface area contributed by atoms with Crippen LogP contribution < -0.4 is 15.4 Å². The summed E-state index contributed by atoms with van der Waals surface area (Å²) in [5.41, 5.74) is 1.78. The van der Waals surface area contributed by atoms with Crippen molar-refractivity contribution in [3.8, 4) is 5.75 Å². The molecule has 0 atom stereocenters. The zero-order valence-electron chi connectivity index (χ0n) is 11.1. The number of aromatic nitrogens is 1. The van der Waals surface area contributed by atoms with Gasteiger partial charge in [-0.1, -0.05) is 17.4 Å². The lowest BCUT2D eigenvalue weighted by Crippen LogP contribution is -2.21. The number of methoxy groups -OCH3 is 1. The van der Waals surface area contributed by atoms with Gasteiger partial charge in [0.25, 0.3) is 5.91 Å². The molecule has 0 fully saturated rings. The molecule has 6 heteroatoms. The summed E-state index contributed by atoms with van der Waals surface area (Å²) in [7, 11) is 1.63. The van der Waals surface area contributed by atoms with E-state index >= 15 is 0 Å². The molecule has 0 saturated heterocycles. The first kappa shape index (κ1) is 12.9. The monoisotopic (exact) mass is 289 g/mol. The largest absolute Gasteiger partial charge is 0.497 e. The first-order valence-corrected chi connectivity index (χ1v) is 7.27. The Morgan fingerprint density at radius 2 is 2.35 bits per heavy atom. The summed E-state index contributed by atoms with van der Waals surface area (Å²) in [6.45, 7) is 0.723. The molecule has 0 bridgehead atoms. The molecule has 3 rings (SSSR count). The summed E-state index contributed by atoms with van der Waals surface area (Å²) in [5, 5.41) is 6.84. The van der Waals surface area contributed by atoms with E-state index in [-0.39, 0.29) is 5.91 Å². The summed E-state index contributed by atoms with van der Waals surface area (Å²) in [6, 6.07) is 7.63. The van der Waals surface area contributed by atoms with Crippen molar-refractivity contribution in [2.75, 3.05) is 19.0 Å². The van der Waals surface area contributed by atoms with Gasteiger partial charge in [-0.3, -0.25) is 4.79 Å². The molecule has 1 aromatic heterocycles.